The Labute approximate surface area is 241 Å². The number of hydrogen-bond donors (Lipinski definition) is 1. The number of fused-ring (bicyclic) bond motifs is 1. The third-order valence-electron chi connectivity index (χ3n) is 8.63. The number of aromatic nitrogens is 5. The number of carbonyl (C=O) groups excluding carboxylic acids is 1. The highest BCUT2D eigenvalue weighted by Crippen LogP contribution is 2.40. The van der Waals surface area contributed by atoms with Crippen LogP contribution in [0.15, 0.2) is 30.6 Å². The Morgan fingerprint density at radius 3 is 2.61 bits per heavy atom. The Kier molecular flexibility index (Phi) is 7.76. The minimum Gasteiger partial charge on any atom is -0.494 e. The van der Waals surface area contributed by atoms with Gasteiger partial charge in [0.2, 0.25) is 11.9 Å². The number of carbonyl (C=O) groups is 1. The van der Waals surface area contributed by atoms with Gasteiger partial charge in [-0.2, -0.15) is 4.98 Å². The summed E-state index contributed by atoms with van der Waals surface area (Å²) in [4.78, 5) is 31.4. The number of anilines is 4. The van der Waals surface area contributed by atoms with Gasteiger partial charge in [-0.1, -0.05) is 25.0 Å². The topological polar surface area (TPSA) is 108 Å². The van der Waals surface area contributed by atoms with Crippen molar-refractivity contribution in [3.05, 3.63) is 36.3 Å². The normalized spacial score (nSPS) is 20.5. The fraction of sp³-hybridized carbons (Fsp3) is 0.552. The summed E-state index contributed by atoms with van der Waals surface area (Å²) in [5.41, 5.74) is 3.29. The van der Waals surface area contributed by atoms with Gasteiger partial charge >= 0.3 is 0 Å². The third-order valence-corrected chi connectivity index (χ3v) is 8.63. The zero-order valence-electron chi connectivity index (χ0n) is 24.5. The maximum absolute atomic E-state index is 13.2. The van der Waals surface area contributed by atoms with Crippen LogP contribution in [-0.2, 0) is 11.3 Å². The molecule has 4 heterocycles. The Bertz CT molecular complexity index is 1380. The quantitative estimate of drug-likeness (QED) is 0.442. The van der Waals surface area contributed by atoms with E-state index in [-0.39, 0.29) is 11.9 Å². The molecule has 1 unspecified atom stereocenters. The number of piperazine rings is 1. The fourth-order valence-corrected chi connectivity index (χ4v) is 6.22. The minimum atomic E-state index is -0.212. The average molecular weight is 561 g/mol. The van der Waals surface area contributed by atoms with Crippen molar-refractivity contribution in [2.45, 2.75) is 57.7 Å². The monoisotopic (exact) mass is 560 g/mol. The number of nitrogens with zero attached hydrogens (tertiary/aromatic N) is 9. The van der Waals surface area contributed by atoms with Crippen LogP contribution in [0.2, 0.25) is 0 Å². The first-order valence-corrected chi connectivity index (χ1v) is 14.7. The van der Waals surface area contributed by atoms with Gasteiger partial charge in [0.05, 0.1) is 36.6 Å². The van der Waals surface area contributed by atoms with Crippen LogP contribution in [0.5, 0.6) is 5.75 Å². The molecule has 1 amide bonds. The lowest BCUT2D eigenvalue weighted by atomic mass is 10.0. The summed E-state index contributed by atoms with van der Waals surface area (Å²) in [7, 11) is 5.62. The number of hydrogen-bond acceptors (Lipinski definition) is 10. The molecule has 1 aromatic carbocycles. The second-order valence-corrected chi connectivity index (χ2v) is 11.3. The highest BCUT2D eigenvalue weighted by Gasteiger charge is 2.41. The molecule has 3 aromatic rings. The molecule has 1 saturated heterocycles. The van der Waals surface area contributed by atoms with E-state index in [1.807, 2.05) is 31.4 Å². The van der Waals surface area contributed by atoms with Gasteiger partial charge in [0, 0.05) is 51.9 Å². The van der Waals surface area contributed by atoms with Crippen molar-refractivity contribution in [3.8, 4) is 11.4 Å². The van der Waals surface area contributed by atoms with Crippen LogP contribution < -0.4 is 19.9 Å². The number of ether oxygens (including phenoxy) is 1. The molecule has 1 saturated carbocycles. The summed E-state index contributed by atoms with van der Waals surface area (Å²) in [6.45, 7) is 7.07. The van der Waals surface area contributed by atoms with Crippen LogP contribution in [-0.4, -0.2) is 100 Å². The lowest BCUT2D eigenvalue weighted by Crippen LogP contribution is -2.55. The molecular formula is C29H40N10O2. The van der Waals surface area contributed by atoms with Gasteiger partial charge in [-0.3, -0.25) is 9.69 Å². The Hall–Kier alpha value is -3.77. The first-order chi connectivity index (χ1) is 19.9. The maximum Gasteiger partial charge on any atom is 0.249 e. The molecule has 1 aliphatic carbocycles. The number of rotatable bonds is 8. The van der Waals surface area contributed by atoms with Gasteiger partial charge in [0.1, 0.15) is 17.5 Å². The molecule has 2 aromatic heterocycles. The fourth-order valence-electron chi connectivity index (χ4n) is 6.22. The van der Waals surface area contributed by atoms with Crippen LogP contribution in [0.3, 0.4) is 0 Å². The smallest absolute Gasteiger partial charge is 0.249 e. The molecule has 12 heteroatoms. The lowest BCUT2D eigenvalue weighted by Gasteiger charge is -2.43. The van der Waals surface area contributed by atoms with E-state index in [0.717, 1.165) is 80.6 Å². The number of amides is 1. The van der Waals surface area contributed by atoms with Gasteiger partial charge < -0.3 is 24.8 Å². The van der Waals surface area contributed by atoms with Crippen molar-refractivity contribution < 1.29 is 9.53 Å². The van der Waals surface area contributed by atoms with Crippen molar-refractivity contribution in [2.75, 3.05) is 62.5 Å². The summed E-state index contributed by atoms with van der Waals surface area (Å²) in [6.07, 6.45) is 8.98. The van der Waals surface area contributed by atoms with E-state index in [9.17, 15) is 4.79 Å². The van der Waals surface area contributed by atoms with Crippen LogP contribution in [0.4, 0.5) is 23.1 Å². The SMILES string of the molecule is CCC1C(=O)N(C)c2cnc(Nc3ccc(-n4cc(CN5CCN(C)CC5)nn4)cc3OC)nc2N1C1CCCC1. The lowest BCUT2D eigenvalue weighted by molar-refractivity contribution is -0.120. The highest BCUT2D eigenvalue weighted by atomic mass is 16.5. The summed E-state index contributed by atoms with van der Waals surface area (Å²) < 4.78 is 7.52. The van der Waals surface area contributed by atoms with E-state index in [4.69, 9.17) is 9.72 Å². The molecule has 0 bridgehead atoms. The second-order valence-electron chi connectivity index (χ2n) is 11.3. The van der Waals surface area contributed by atoms with Crippen LogP contribution in [0.25, 0.3) is 5.69 Å². The molecule has 2 aliphatic heterocycles. The van der Waals surface area contributed by atoms with Gasteiger partial charge in [-0.15, -0.1) is 5.10 Å². The predicted molar refractivity (Wildman–Crippen MR) is 158 cm³/mol. The summed E-state index contributed by atoms with van der Waals surface area (Å²) in [6, 6.07) is 5.95. The Morgan fingerprint density at radius 2 is 1.88 bits per heavy atom. The molecule has 2 fully saturated rings. The average Bonchev–Trinajstić information content (AvgIpc) is 3.69. The Balaban J connectivity index is 1.23. The van der Waals surface area contributed by atoms with Crippen molar-refractivity contribution in [2.24, 2.45) is 0 Å². The first-order valence-electron chi connectivity index (χ1n) is 14.7. The largest absolute Gasteiger partial charge is 0.494 e. The molecule has 12 nitrogen and oxygen atoms in total. The number of methoxy groups -OCH3 is 1. The van der Waals surface area contributed by atoms with E-state index < -0.39 is 0 Å². The first kappa shape index (κ1) is 27.4. The maximum atomic E-state index is 13.2. The van der Waals surface area contributed by atoms with Gasteiger partial charge in [-0.05, 0) is 38.4 Å². The molecule has 0 spiro atoms. The van der Waals surface area contributed by atoms with Gasteiger partial charge in [-0.25, -0.2) is 9.67 Å². The summed E-state index contributed by atoms with van der Waals surface area (Å²) in [5.74, 6) is 2.03. The molecule has 0 radical (unpaired) electrons. The van der Waals surface area contributed by atoms with Crippen molar-refractivity contribution in [1.82, 2.24) is 34.8 Å². The van der Waals surface area contributed by atoms with Crippen LogP contribution in [0.1, 0.15) is 44.7 Å². The predicted octanol–water partition coefficient (Wildman–Crippen LogP) is 3.06. The van der Waals surface area contributed by atoms with Gasteiger partial charge in [0.25, 0.3) is 0 Å². The summed E-state index contributed by atoms with van der Waals surface area (Å²) >= 11 is 0. The number of likely N-dealkylation sites (N-methyl/N-ethyl adjacent to an activating group) is 2. The molecule has 1 atom stereocenters. The van der Waals surface area contributed by atoms with E-state index in [2.05, 4.69) is 49.3 Å². The minimum absolute atomic E-state index is 0.105. The standard InChI is InChI=1S/C29H40N10O2/c1-5-24-28(40)36(3)25-17-30-29(32-27(25)39(24)21-8-6-7-9-21)31-23-11-10-22(16-26(23)41-4)38-19-20(33-34-38)18-37-14-12-35(2)13-15-37/h10-11,16-17,19,21,24H,5-9,12-15,18H2,1-4H3,(H,30,31,32). The molecule has 218 valence electrons. The molecule has 41 heavy (non-hydrogen) atoms. The van der Waals surface area contributed by atoms with E-state index in [1.54, 1.807) is 22.9 Å². The number of nitrogens with one attached hydrogen (secondary N) is 1. The highest BCUT2D eigenvalue weighted by molar-refractivity contribution is 6.04. The van der Waals surface area contributed by atoms with E-state index in [0.29, 0.717) is 17.7 Å². The van der Waals surface area contributed by atoms with Crippen molar-refractivity contribution >= 4 is 29.0 Å². The molecule has 3 aliphatic rings. The zero-order valence-corrected chi connectivity index (χ0v) is 24.5. The van der Waals surface area contributed by atoms with Crippen LogP contribution >= 0.6 is 0 Å². The van der Waals surface area contributed by atoms with E-state index >= 15 is 0 Å². The molecule has 1 N–H and O–H groups in total. The number of benzene rings is 1. The molecule has 6 rings (SSSR count). The third kappa shape index (κ3) is 5.45. The Morgan fingerprint density at radius 1 is 1.10 bits per heavy atom. The zero-order chi connectivity index (χ0) is 28.5. The van der Waals surface area contributed by atoms with Crippen molar-refractivity contribution in [1.29, 1.82) is 0 Å². The summed E-state index contributed by atoms with van der Waals surface area (Å²) in [5, 5.41) is 12.1. The van der Waals surface area contributed by atoms with Gasteiger partial charge in [0.15, 0.2) is 5.82 Å². The van der Waals surface area contributed by atoms with E-state index in [1.165, 1.54) is 12.8 Å². The molecular weight excluding hydrogens is 520 g/mol. The van der Waals surface area contributed by atoms with Crippen molar-refractivity contribution in [3.63, 3.8) is 0 Å². The second kappa shape index (κ2) is 11.6. The van der Waals surface area contributed by atoms with Crippen LogP contribution in [0, 0.1) is 0 Å².